The Balaban J connectivity index is 1.50. The topological polar surface area (TPSA) is 64.3 Å². The fourth-order valence-electron chi connectivity index (χ4n) is 5.29. The molecule has 6 heteroatoms. The van der Waals surface area contributed by atoms with Gasteiger partial charge in [-0.1, -0.05) is 43.7 Å². The van der Waals surface area contributed by atoms with Gasteiger partial charge in [-0.25, -0.2) is 4.39 Å². The number of ether oxygens (including phenoxy) is 1. The third-order valence-electron chi connectivity index (χ3n) is 7.30. The average Bonchev–Trinajstić information content (AvgIpc) is 2.76. The second-order valence-corrected chi connectivity index (χ2v) is 9.61. The second kappa shape index (κ2) is 8.44. The first-order valence-electron chi connectivity index (χ1n) is 11.0. The number of nitrogens with two attached hydrogens (primary N) is 1. The van der Waals surface area contributed by atoms with Gasteiger partial charge in [0.15, 0.2) is 0 Å². The number of amides is 1. The summed E-state index contributed by atoms with van der Waals surface area (Å²) in [7, 11) is 0. The summed E-state index contributed by atoms with van der Waals surface area (Å²) in [6, 6.07) is 6.78. The molecule has 1 saturated carbocycles. The maximum absolute atomic E-state index is 13.5. The van der Waals surface area contributed by atoms with Crippen molar-refractivity contribution in [2.75, 3.05) is 0 Å². The fourth-order valence-corrected chi connectivity index (χ4v) is 5.52. The molecule has 1 aromatic rings. The molecule has 0 spiro atoms. The number of benzene rings is 1. The van der Waals surface area contributed by atoms with Gasteiger partial charge in [-0.2, -0.15) is 0 Å². The molecule has 0 aromatic heterocycles. The molecular formula is C25H30ClFN2O2. The van der Waals surface area contributed by atoms with Crippen LogP contribution in [0.3, 0.4) is 0 Å². The second-order valence-electron chi connectivity index (χ2n) is 9.20. The van der Waals surface area contributed by atoms with Gasteiger partial charge < -0.3 is 15.8 Å². The zero-order valence-electron chi connectivity index (χ0n) is 18.0. The molecule has 0 saturated heterocycles. The Bertz CT molecular complexity index is 931. The molecule has 31 heavy (non-hydrogen) atoms. The van der Waals surface area contributed by atoms with E-state index in [1.165, 1.54) is 12.1 Å². The third kappa shape index (κ3) is 4.06. The van der Waals surface area contributed by atoms with Crippen LogP contribution in [0, 0.1) is 17.2 Å². The Hall–Kier alpha value is -2.11. The van der Waals surface area contributed by atoms with Gasteiger partial charge in [0.25, 0.3) is 0 Å². The number of allylic oxidation sites excluding steroid dienone is 3. The zero-order valence-corrected chi connectivity index (χ0v) is 18.8. The molecule has 1 aliphatic heterocycles. The van der Waals surface area contributed by atoms with Crippen LogP contribution in [-0.2, 0) is 14.9 Å². The molecule has 1 heterocycles. The molecule has 4 nitrogen and oxygen atoms in total. The lowest BCUT2D eigenvalue weighted by Crippen LogP contribution is -2.48. The maximum Gasteiger partial charge on any atom is 0.232 e. The van der Waals surface area contributed by atoms with Gasteiger partial charge >= 0.3 is 0 Å². The average molecular weight is 445 g/mol. The van der Waals surface area contributed by atoms with Gasteiger partial charge in [0, 0.05) is 23.1 Å². The summed E-state index contributed by atoms with van der Waals surface area (Å²) >= 11 is 6.50. The van der Waals surface area contributed by atoms with Crippen LogP contribution in [-0.4, -0.2) is 18.1 Å². The SMILES string of the molecule is CCC(N)C1(c2ccc(F)cc2)CCC(OC2=CC3(C)C=CNC(=O)C3C=C2Cl)CC1. The Labute approximate surface area is 188 Å². The highest BCUT2D eigenvalue weighted by molar-refractivity contribution is 6.32. The lowest BCUT2D eigenvalue weighted by Gasteiger charge is -2.45. The Morgan fingerprint density at radius 2 is 1.97 bits per heavy atom. The van der Waals surface area contributed by atoms with E-state index in [0.717, 1.165) is 37.7 Å². The normalized spacial score (nSPS) is 33.6. The predicted octanol–water partition coefficient (Wildman–Crippen LogP) is 5.05. The molecule has 4 rings (SSSR count). The smallest absolute Gasteiger partial charge is 0.232 e. The van der Waals surface area contributed by atoms with Crippen molar-refractivity contribution in [3.8, 4) is 0 Å². The van der Waals surface area contributed by atoms with Crippen LogP contribution in [0.15, 0.2) is 59.5 Å². The molecule has 1 aromatic carbocycles. The molecule has 166 valence electrons. The standard InChI is InChI=1S/C25H30ClFN2O2/c1-3-22(28)25(16-4-6-17(27)7-5-16)10-8-18(9-11-25)31-21-15-24(2)12-13-29-23(30)19(24)14-20(21)26/h4-7,12-15,18-19,22H,3,8-11,28H2,1-2H3,(H,29,30). The van der Waals surface area contributed by atoms with Crippen LogP contribution in [0.25, 0.3) is 0 Å². The number of rotatable bonds is 5. The predicted molar refractivity (Wildman–Crippen MR) is 121 cm³/mol. The number of halogens is 2. The Kier molecular flexibility index (Phi) is 6.01. The molecule has 0 bridgehead atoms. The van der Waals surface area contributed by atoms with E-state index in [1.807, 2.05) is 31.2 Å². The van der Waals surface area contributed by atoms with E-state index in [1.54, 1.807) is 12.3 Å². The third-order valence-corrected chi connectivity index (χ3v) is 7.61. The van der Waals surface area contributed by atoms with Crippen molar-refractivity contribution < 1.29 is 13.9 Å². The van der Waals surface area contributed by atoms with Crippen molar-refractivity contribution in [2.24, 2.45) is 17.1 Å². The van der Waals surface area contributed by atoms with E-state index in [-0.39, 0.29) is 35.2 Å². The number of fused-ring (bicyclic) bond motifs is 1. The van der Waals surface area contributed by atoms with Crippen molar-refractivity contribution >= 4 is 17.5 Å². The van der Waals surface area contributed by atoms with E-state index < -0.39 is 5.41 Å². The van der Waals surface area contributed by atoms with E-state index in [9.17, 15) is 9.18 Å². The summed E-state index contributed by atoms with van der Waals surface area (Å²) in [5, 5.41) is 3.22. The molecule has 1 amide bonds. The van der Waals surface area contributed by atoms with Crippen LogP contribution in [0.5, 0.6) is 0 Å². The number of carbonyl (C=O) groups is 1. The molecule has 0 radical (unpaired) electrons. The number of nitrogens with one attached hydrogen (secondary N) is 1. The van der Waals surface area contributed by atoms with Gasteiger partial charge in [-0.3, -0.25) is 4.79 Å². The Morgan fingerprint density at radius 1 is 1.29 bits per heavy atom. The van der Waals surface area contributed by atoms with E-state index in [4.69, 9.17) is 22.1 Å². The zero-order chi connectivity index (χ0) is 22.2. The van der Waals surface area contributed by atoms with Gasteiger partial charge in [0.1, 0.15) is 11.6 Å². The fraction of sp³-hybridized carbons (Fsp3) is 0.480. The lowest BCUT2D eigenvalue weighted by molar-refractivity contribution is -0.125. The van der Waals surface area contributed by atoms with Crippen molar-refractivity contribution in [3.05, 3.63) is 70.9 Å². The largest absolute Gasteiger partial charge is 0.489 e. The summed E-state index contributed by atoms with van der Waals surface area (Å²) in [6.45, 7) is 4.11. The van der Waals surface area contributed by atoms with E-state index in [0.29, 0.717) is 10.8 Å². The number of hydrogen-bond acceptors (Lipinski definition) is 3. The van der Waals surface area contributed by atoms with Gasteiger partial charge in [-0.05, 0) is 62.0 Å². The van der Waals surface area contributed by atoms with Crippen LogP contribution < -0.4 is 11.1 Å². The molecule has 3 aliphatic rings. The van der Waals surface area contributed by atoms with Crippen molar-refractivity contribution in [3.63, 3.8) is 0 Å². The van der Waals surface area contributed by atoms with Crippen LogP contribution in [0.1, 0.15) is 51.5 Å². The van der Waals surface area contributed by atoms with Gasteiger partial charge in [-0.15, -0.1) is 0 Å². The van der Waals surface area contributed by atoms with Gasteiger partial charge in [0.2, 0.25) is 5.91 Å². The molecule has 3 unspecified atom stereocenters. The minimum Gasteiger partial charge on any atom is -0.489 e. The molecule has 2 aliphatic carbocycles. The summed E-state index contributed by atoms with van der Waals surface area (Å²) in [5.74, 6) is 0.00821. The van der Waals surface area contributed by atoms with Crippen molar-refractivity contribution in [1.82, 2.24) is 5.32 Å². The van der Waals surface area contributed by atoms with Crippen molar-refractivity contribution in [1.29, 1.82) is 0 Å². The van der Waals surface area contributed by atoms with Crippen LogP contribution in [0.4, 0.5) is 4.39 Å². The highest BCUT2D eigenvalue weighted by atomic mass is 35.5. The molecular weight excluding hydrogens is 415 g/mol. The Morgan fingerprint density at radius 3 is 2.61 bits per heavy atom. The lowest BCUT2D eigenvalue weighted by atomic mass is 9.64. The first-order chi connectivity index (χ1) is 14.8. The molecule has 1 fully saturated rings. The number of hydrogen-bond donors (Lipinski definition) is 2. The van der Waals surface area contributed by atoms with Gasteiger partial charge in [0.05, 0.1) is 17.1 Å². The highest BCUT2D eigenvalue weighted by Crippen LogP contribution is 2.46. The molecule has 3 N–H and O–H groups in total. The highest BCUT2D eigenvalue weighted by Gasteiger charge is 2.43. The first kappa shape index (κ1) is 22.1. The van der Waals surface area contributed by atoms with Crippen LogP contribution >= 0.6 is 11.6 Å². The summed E-state index contributed by atoms with van der Waals surface area (Å²) in [4.78, 5) is 12.2. The molecule has 3 atom stereocenters. The first-order valence-corrected chi connectivity index (χ1v) is 11.4. The summed E-state index contributed by atoms with van der Waals surface area (Å²) < 4.78 is 19.8. The minimum atomic E-state index is -0.451. The monoisotopic (exact) mass is 444 g/mol. The summed E-state index contributed by atoms with van der Waals surface area (Å²) in [6.07, 6.45) is 11.7. The summed E-state index contributed by atoms with van der Waals surface area (Å²) in [5.41, 5.74) is 7.06. The quantitative estimate of drug-likeness (QED) is 0.668. The minimum absolute atomic E-state index is 0.00171. The number of carbonyl (C=O) groups excluding carboxylic acids is 1. The van der Waals surface area contributed by atoms with Crippen molar-refractivity contribution in [2.45, 2.75) is 63.5 Å². The van der Waals surface area contributed by atoms with E-state index in [2.05, 4.69) is 12.2 Å². The van der Waals surface area contributed by atoms with E-state index >= 15 is 0 Å². The van der Waals surface area contributed by atoms with Crippen LogP contribution in [0.2, 0.25) is 0 Å². The maximum atomic E-state index is 13.5.